The van der Waals surface area contributed by atoms with Gasteiger partial charge in [-0.2, -0.15) is 0 Å². The van der Waals surface area contributed by atoms with E-state index in [-0.39, 0.29) is 5.82 Å². The van der Waals surface area contributed by atoms with Crippen molar-refractivity contribution in [1.82, 2.24) is 0 Å². The summed E-state index contributed by atoms with van der Waals surface area (Å²) in [4.78, 5) is 2.05. The summed E-state index contributed by atoms with van der Waals surface area (Å²) < 4.78 is 20.8. The van der Waals surface area contributed by atoms with Crippen LogP contribution in [0.3, 0.4) is 0 Å². The van der Waals surface area contributed by atoms with E-state index < -0.39 is 8.80 Å². The first-order valence-electron chi connectivity index (χ1n) is 7.81. The van der Waals surface area contributed by atoms with Crippen LogP contribution in [-0.2, 0) is 4.74 Å². The van der Waals surface area contributed by atoms with Gasteiger partial charge in [0, 0.05) is 32.8 Å². The predicted octanol–water partition coefficient (Wildman–Crippen LogP) is 4.97. The Hall–Kier alpha value is -0.813. The Morgan fingerprint density at radius 2 is 2.09 bits per heavy atom. The summed E-state index contributed by atoms with van der Waals surface area (Å²) in [5.41, 5.74) is 0.661. The molecule has 0 aromatic heterocycles. The average Bonchev–Trinajstić information content (AvgIpc) is 2.46. The molecule has 1 aliphatic heterocycles. The van der Waals surface area contributed by atoms with E-state index in [1.165, 1.54) is 6.07 Å². The standard InChI is InChI=1S/C17H25BrFNOSi/c1-17(2,22(3)4)12-21-14-7-9-20(10-8-14)16-6-5-13(18)11-15(16)19/h5-7,11,22H,8-10,12H2,1-4H3. The zero-order valence-corrected chi connectivity index (χ0v) is 16.6. The molecule has 122 valence electrons. The first-order valence-corrected chi connectivity index (χ1v) is 11.5. The van der Waals surface area contributed by atoms with Gasteiger partial charge >= 0.3 is 0 Å². The van der Waals surface area contributed by atoms with Crippen molar-refractivity contribution in [3.63, 3.8) is 0 Å². The van der Waals surface area contributed by atoms with E-state index in [9.17, 15) is 4.39 Å². The third-order valence-electron chi connectivity index (χ3n) is 4.61. The van der Waals surface area contributed by atoms with Crippen LogP contribution in [0.15, 0.2) is 34.5 Å². The monoisotopic (exact) mass is 385 g/mol. The summed E-state index contributed by atoms with van der Waals surface area (Å²) in [5.74, 6) is 0.871. The normalized spacial score (nSPS) is 16.0. The van der Waals surface area contributed by atoms with Gasteiger partial charge in [0.25, 0.3) is 0 Å². The number of benzene rings is 1. The van der Waals surface area contributed by atoms with Crippen molar-refractivity contribution in [2.45, 2.75) is 38.4 Å². The lowest BCUT2D eigenvalue weighted by atomic mass is 10.2. The fraction of sp³-hybridized carbons (Fsp3) is 0.529. The van der Waals surface area contributed by atoms with Crippen LogP contribution in [0.4, 0.5) is 10.1 Å². The zero-order chi connectivity index (χ0) is 16.3. The van der Waals surface area contributed by atoms with Crippen LogP contribution < -0.4 is 4.90 Å². The topological polar surface area (TPSA) is 12.5 Å². The molecule has 0 saturated heterocycles. The van der Waals surface area contributed by atoms with Gasteiger partial charge in [-0.25, -0.2) is 4.39 Å². The SMILES string of the molecule is C[SiH](C)C(C)(C)COC1=CCN(c2ccc(Br)cc2F)CC1. The molecule has 0 N–H and O–H groups in total. The molecular weight excluding hydrogens is 361 g/mol. The van der Waals surface area contributed by atoms with Gasteiger partial charge in [0.2, 0.25) is 0 Å². The van der Waals surface area contributed by atoms with E-state index in [1.54, 1.807) is 0 Å². The molecule has 0 radical (unpaired) electrons. The van der Waals surface area contributed by atoms with Crippen molar-refractivity contribution in [2.24, 2.45) is 0 Å². The van der Waals surface area contributed by atoms with Gasteiger partial charge in [0.15, 0.2) is 0 Å². The Morgan fingerprint density at radius 1 is 1.36 bits per heavy atom. The molecule has 0 unspecified atom stereocenters. The maximum Gasteiger partial charge on any atom is 0.147 e. The maximum atomic E-state index is 14.0. The molecule has 1 heterocycles. The molecule has 2 nitrogen and oxygen atoms in total. The Labute approximate surface area is 143 Å². The Bertz CT molecular complexity index is 560. The Morgan fingerprint density at radius 3 is 2.64 bits per heavy atom. The molecule has 5 heteroatoms. The number of halogens is 2. The van der Waals surface area contributed by atoms with E-state index in [2.05, 4.69) is 53.8 Å². The van der Waals surface area contributed by atoms with Crippen LogP contribution in [0.5, 0.6) is 0 Å². The minimum Gasteiger partial charge on any atom is -0.498 e. The second kappa shape index (κ2) is 7.17. The molecule has 0 aliphatic carbocycles. The van der Waals surface area contributed by atoms with Crippen LogP contribution in [0.1, 0.15) is 20.3 Å². The summed E-state index contributed by atoms with van der Waals surface area (Å²) in [6.45, 7) is 11.6. The molecule has 0 atom stereocenters. The van der Waals surface area contributed by atoms with Crippen molar-refractivity contribution in [2.75, 3.05) is 24.6 Å². The molecule has 0 saturated carbocycles. The lowest BCUT2D eigenvalue weighted by molar-refractivity contribution is 0.173. The summed E-state index contributed by atoms with van der Waals surface area (Å²) in [7, 11) is -0.741. The fourth-order valence-corrected chi connectivity index (χ4v) is 2.93. The summed E-state index contributed by atoms with van der Waals surface area (Å²) in [6.07, 6.45) is 2.92. The van der Waals surface area contributed by atoms with Crippen LogP contribution in [-0.4, -0.2) is 28.5 Å². The molecule has 0 spiro atoms. The summed E-state index contributed by atoms with van der Waals surface area (Å²) in [6, 6.07) is 5.22. The molecule has 0 amide bonds. The van der Waals surface area contributed by atoms with Crippen molar-refractivity contribution in [3.8, 4) is 0 Å². The number of hydrogen-bond acceptors (Lipinski definition) is 2. The van der Waals surface area contributed by atoms with Crippen LogP contribution in [0.25, 0.3) is 0 Å². The van der Waals surface area contributed by atoms with Crippen molar-refractivity contribution in [3.05, 3.63) is 40.3 Å². The van der Waals surface area contributed by atoms with E-state index in [0.29, 0.717) is 17.3 Å². The molecule has 0 bridgehead atoms. The van der Waals surface area contributed by atoms with Gasteiger partial charge in [0.05, 0.1) is 18.1 Å². The maximum absolute atomic E-state index is 14.0. The molecule has 1 aromatic rings. The lowest BCUT2D eigenvalue weighted by Crippen LogP contribution is -2.31. The minimum absolute atomic E-state index is 0.181. The van der Waals surface area contributed by atoms with Crippen molar-refractivity contribution >= 4 is 30.4 Å². The molecule has 1 aromatic carbocycles. The zero-order valence-electron chi connectivity index (χ0n) is 13.8. The molecular formula is C17H25BrFNOSi. The smallest absolute Gasteiger partial charge is 0.147 e. The minimum atomic E-state index is -0.741. The third kappa shape index (κ3) is 4.35. The highest BCUT2D eigenvalue weighted by molar-refractivity contribution is 9.10. The van der Waals surface area contributed by atoms with Gasteiger partial charge in [-0.1, -0.05) is 42.9 Å². The number of hydrogen-bond donors (Lipinski definition) is 0. The Kier molecular flexibility index (Phi) is 5.72. The second-order valence-electron chi connectivity index (χ2n) is 6.89. The van der Waals surface area contributed by atoms with Crippen LogP contribution >= 0.6 is 15.9 Å². The highest BCUT2D eigenvalue weighted by atomic mass is 79.9. The fourth-order valence-electron chi connectivity index (χ4n) is 2.18. The third-order valence-corrected chi connectivity index (χ3v) is 8.40. The number of anilines is 1. The molecule has 2 rings (SSSR count). The molecule has 0 fully saturated rings. The van der Waals surface area contributed by atoms with E-state index in [0.717, 1.165) is 29.8 Å². The number of rotatable bonds is 5. The molecule has 22 heavy (non-hydrogen) atoms. The van der Waals surface area contributed by atoms with Crippen LogP contribution in [0.2, 0.25) is 18.1 Å². The van der Waals surface area contributed by atoms with Gasteiger partial charge in [-0.15, -0.1) is 0 Å². The van der Waals surface area contributed by atoms with E-state index in [4.69, 9.17) is 4.74 Å². The van der Waals surface area contributed by atoms with Crippen molar-refractivity contribution in [1.29, 1.82) is 0 Å². The number of nitrogens with zero attached hydrogens (tertiary/aromatic N) is 1. The first kappa shape index (κ1) is 17.5. The van der Waals surface area contributed by atoms with Gasteiger partial charge < -0.3 is 9.64 Å². The van der Waals surface area contributed by atoms with E-state index in [1.807, 2.05) is 12.1 Å². The summed E-state index contributed by atoms with van der Waals surface area (Å²) in [5, 5.41) is 0.301. The Balaban J connectivity index is 1.95. The second-order valence-corrected chi connectivity index (χ2v) is 11.7. The summed E-state index contributed by atoms with van der Waals surface area (Å²) >= 11 is 3.29. The first-order chi connectivity index (χ1) is 10.3. The quantitative estimate of drug-likeness (QED) is 0.663. The predicted molar refractivity (Wildman–Crippen MR) is 97.9 cm³/mol. The largest absolute Gasteiger partial charge is 0.498 e. The average molecular weight is 386 g/mol. The van der Waals surface area contributed by atoms with Crippen molar-refractivity contribution < 1.29 is 9.13 Å². The lowest BCUT2D eigenvalue weighted by Gasteiger charge is -2.32. The van der Waals surface area contributed by atoms with Crippen LogP contribution in [0, 0.1) is 5.82 Å². The highest BCUT2D eigenvalue weighted by Gasteiger charge is 2.25. The van der Waals surface area contributed by atoms with Gasteiger partial charge in [0.1, 0.15) is 5.82 Å². The van der Waals surface area contributed by atoms with Gasteiger partial charge in [-0.05, 0) is 29.3 Å². The van der Waals surface area contributed by atoms with E-state index >= 15 is 0 Å². The number of ether oxygens (including phenoxy) is 1. The van der Waals surface area contributed by atoms with Gasteiger partial charge in [-0.3, -0.25) is 0 Å². The highest BCUT2D eigenvalue weighted by Crippen LogP contribution is 2.31. The molecule has 1 aliphatic rings.